The average Bonchev–Trinajstić information content (AvgIpc) is 3.32. The maximum Gasteiger partial charge on any atom is 0.269 e. The quantitative estimate of drug-likeness (QED) is 0.513. The van der Waals surface area contributed by atoms with Gasteiger partial charge in [-0.15, -0.1) is 0 Å². The number of carbonyl (C=O) groups excluding carboxylic acids is 2. The van der Waals surface area contributed by atoms with Gasteiger partial charge in [-0.25, -0.2) is 9.67 Å². The van der Waals surface area contributed by atoms with Crippen LogP contribution in [0.4, 0.5) is 0 Å². The van der Waals surface area contributed by atoms with Crippen LogP contribution in [0.15, 0.2) is 54.7 Å². The van der Waals surface area contributed by atoms with Crippen molar-refractivity contribution in [3.05, 3.63) is 77.4 Å². The summed E-state index contributed by atoms with van der Waals surface area (Å²) in [5, 5.41) is 4.24. The van der Waals surface area contributed by atoms with E-state index in [-0.39, 0.29) is 0 Å². The Morgan fingerprint density at radius 2 is 1.60 bits per heavy atom. The van der Waals surface area contributed by atoms with Gasteiger partial charge in [0.1, 0.15) is 5.82 Å². The van der Waals surface area contributed by atoms with Gasteiger partial charge in [-0.2, -0.15) is 5.10 Å². The zero-order valence-electron chi connectivity index (χ0n) is 17.0. The first kappa shape index (κ1) is 19.4. The van der Waals surface area contributed by atoms with Crippen molar-refractivity contribution < 1.29 is 9.59 Å². The average molecular weight is 402 g/mol. The summed E-state index contributed by atoms with van der Waals surface area (Å²) in [6, 6.07) is 14.2. The molecule has 0 saturated carbocycles. The number of hydrazine groups is 1. The van der Waals surface area contributed by atoms with Crippen molar-refractivity contribution in [1.29, 1.82) is 0 Å². The summed E-state index contributed by atoms with van der Waals surface area (Å²) in [5.74, 6) is 0.0871. The Bertz CT molecular complexity index is 1240. The fraction of sp³-hybridized carbons (Fsp3) is 0.182. The first-order valence-electron chi connectivity index (χ1n) is 9.66. The van der Waals surface area contributed by atoms with Crippen LogP contribution in [0.25, 0.3) is 16.7 Å². The molecule has 4 rings (SSSR count). The van der Waals surface area contributed by atoms with Gasteiger partial charge in [0, 0.05) is 29.6 Å². The SMILES string of the molecule is CCn1c(C)nc2cc(C(=O)NNC(=O)c3ccc(-n4nccc4C)cc3)ccc21. The van der Waals surface area contributed by atoms with Crippen molar-refractivity contribution in [2.24, 2.45) is 0 Å². The van der Waals surface area contributed by atoms with Gasteiger partial charge in [-0.1, -0.05) is 0 Å². The maximum absolute atomic E-state index is 12.5. The van der Waals surface area contributed by atoms with Crippen LogP contribution >= 0.6 is 0 Å². The number of amides is 2. The van der Waals surface area contributed by atoms with Gasteiger partial charge in [0.25, 0.3) is 11.8 Å². The van der Waals surface area contributed by atoms with E-state index < -0.39 is 11.8 Å². The van der Waals surface area contributed by atoms with E-state index in [2.05, 4.69) is 25.5 Å². The minimum Gasteiger partial charge on any atom is -0.329 e. The van der Waals surface area contributed by atoms with E-state index in [1.165, 1.54) is 0 Å². The fourth-order valence-corrected chi connectivity index (χ4v) is 3.44. The van der Waals surface area contributed by atoms with E-state index in [0.717, 1.165) is 34.8 Å². The molecule has 2 heterocycles. The third-order valence-electron chi connectivity index (χ3n) is 5.01. The molecule has 152 valence electrons. The molecule has 8 heteroatoms. The van der Waals surface area contributed by atoms with E-state index in [9.17, 15) is 9.59 Å². The summed E-state index contributed by atoms with van der Waals surface area (Å²) in [6.07, 6.45) is 1.72. The molecule has 0 unspecified atom stereocenters. The molecule has 0 saturated heterocycles. The highest BCUT2D eigenvalue weighted by Crippen LogP contribution is 2.17. The van der Waals surface area contributed by atoms with Crippen molar-refractivity contribution in [3.63, 3.8) is 0 Å². The molecule has 30 heavy (non-hydrogen) atoms. The summed E-state index contributed by atoms with van der Waals surface area (Å²) in [4.78, 5) is 29.3. The van der Waals surface area contributed by atoms with E-state index in [0.29, 0.717) is 11.1 Å². The second-order valence-electron chi connectivity index (χ2n) is 6.95. The van der Waals surface area contributed by atoms with Crippen molar-refractivity contribution in [2.75, 3.05) is 0 Å². The molecule has 0 aliphatic rings. The van der Waals surface area contributed by atoms with Crippen LogP contribution in [0.1, 0.15) is 39.2 Å². The Balaban J connectivity index is 1.43. The second kappa shape index (κ2) is 7.82. The normalized spacial score (nSPS) is 10.9. The lowest BCUT2D eigenvalue weighted by atomic mass is 10.2. The van der Waals surface area contributed by atoms with Crippen molar-refractivity contribution in [3.8, 4) is 5.69 Å². The first-order chi connectivity index (χ1) is 14.5. The van der Waals surface area contributed by atoms with Gasteiger partial charge in [0.2, 0.25) is 0 Å². The molecule has 8 nitrogen and oxygen atoms in total. The number of hydrogen-bond acceptors (Lipinski definition) is 4. The number of carbonyl (C=O) groups is 2. The number of fused-ring (bicyclic) bond motifs is 1. The highest BCUT2D eigenvalue weighted by atomic mass is 16.2. The van der Waals surface area contributed by atoms with Gasteiger partial charge >= 0.3 is 0 Å². The Labute approximate surface area is 173 Å². The summed E-state index contributed by atoms with van der Waals surface area (Å²) in [7, 11) is 0. The van der Waals surface area contributed by atoms with Crippen LogP contribution in [0.5, 0.6) is 0 Å². The molecule has 2 aromatic carbocycles. The van der Waals surface area contributed by atoms with E-state index >= 15 is 0 Å². The summed E-state index contributed by atoms with van der Waals surface area (Å²) in [6.45, 7) is 6.74. The van der Waals surface area contributed by atoms with Gasteiger partial charge in [-0.05, 0) is 69.3 Å². The second-order valence-corrected chi connectivity index (χ2v) is 6.95. The molecule has 0 bridgehead atoms. The van der Waals surface area contributed by atoms with E-state index in [1.54, 1.807) is 47.3 Å². The number of nitrogens with one attached hydrogen (secondary N) is 2. The monoisotopic (exact) mass is 402 g/mol. The fourth-order valence-electron chi connectivity index (χ4n) is 3.44. The number of aromatic nitrogens is 4. The van der Waals surface area contributed by atoms with Crippen LogP contribution in [0.2, 0.25) is 0 Å². The zero-order valence-corrected chi connectivity index (χ0v) is 17.0. The summed E-state index contributed by atoms with van der Waals surface area (Å²) in [5.41, 5.74) is 9.34. The Kier molecular flexibility index (Phi) is 5.05. The number of benzene rings is 2. The maximum atomic E-state index is 12.5. The van der Waals surface area contributed by atoms with Crippen LogP contribution in [0, 0.1) is 13.8 Å². The lowest BCUT2D eigenvalue weighted by Gasteiger charge is -2.09. The standard InChI is InChI=1S/C22H22N6O2/c1-4-27-15(3)24-19-13-17(7-10-20(19)27)22(30)26-25-21(29)16-5-8-18(9-6-16)28-14(2)11-12-23-28/h5-13H,4H2,1-3H3,(H,25,29)(H,26,30). The minimum absolute atomic E-state index is 0.403. The molecule has 2 amide bonds. The molecule has 0 spiro atoms. The largest absolute Gasteiger partial charge is 0.329 e. The number of rotatable bonds is 4. The molecule has 2 N–H and O–H groups in total. The third-order valence-corrected chi connectivity index (χ3v) is 5.01. The lowest BCUT2D eigenvalue weighted by molar-refractivity contribution is 0.0847. The van der Waals surface area contributed by atoms with Gasteiger partial charge < -0.3 is 4.57 Å². The molecule has 0 atom stereocenters. The molecule has 0 aliphatic carbocycles. The van der Waals surface area contributed by atoms with E-state index in [4.69, 9.17) is 0 Å². The predicted molar refractivity (Wildman–Crippen MR) is 113 cm³/mol. The van der Waals surface area contributed by atoms with Crippen LogP contribution < -0.4 is 10.9 Å². The molecular weight excluding hydrogens is 380 g/mol. The number of imidazole rings is 1. The summed E-state index contributed by atoms with van der Waals surface area (Å²) >= 11 is 0. The lowest BCUT2D eigenvalue weighted by Crippen LogP contribution is -2.41. The highest BCUT2D eigenvalue weighted by molar-refractivity contribution is 6.00. The molecular formula is C22H22N6O2. The third kappa shape index (κ3) is 3.55. The first-order valence-corrected chi connectivity index (χ1v) is 9.66. The van der Waals surface area contributed by atoms with Gasteiger partial charge in [0.15, 0.2) is 0 Å². The Morgan fingerprint density at radius 3 is 2.23 bits per heavy atom. The minimum atomic E-state index is -0.405. The molecule has 4 aromatic rings. The number of hydrogen-bond donors (Lipinski definition) is 2. The molecule has 0 radical (unpaired) electrons. The summed E-state index contributed by atoms with van der Waals surface area (Å²) < 4.78 is 3.86. The molecule has 0 aliphatic heterocycles. The van der Waals surface area contributed by atoms with Crippen molar-refractivity contribution >= 4 is 22.8 Å². The Hall–Kier alpha value is -3.94. The van der Waals surface area contributed by atoms with Gasteiger partial charge in [-0.3, -0.25) is 20.4 Å². The molecule has 2 aromatic heterocycles. The molecule has 0 fully saturated rings. The Morgan fingerprint density at radius 1 is 0.933 bits per heavy atom. The highest BCUT2D eigenvalue weighted by Gasteiger charge is 2.13. The van der Waals surface area contributed by atoms with Crippen molar-refractivity contribution in [1.82, 2.24) is 30.2 Å². The number of nitrogens with zero attached hydrogens (tertiary/aromatic N) is 4. The van der Waals surface area contributed by atoms with Gasteiger partial charge in [0.05, 0.1) is 16.7 Å². The van der Waals surface area contributed by atoms with Crippen LogP contribution in [-0.2, 0) is 6.54 Å². The smallest absolute Gasteiger partial charge is 0.269 e. The van der Waals surface area contributed by atoms with Crippen molar-refractivity contribution in [2.45, 2.75) is 27.3 Å². The van der Waals surface area contributed by atoms with Crippen LogP contribution in [-0.4, -0.2) is 31.1 Å². The predicted octanol–water partition coefficient (Wildman–Crippen LogP) is 2.93. The van der Waals surface area contributed by atoms with Crippen LogP contribution in [0.3, 0.4) is 0 Å². The van der Waals surface area contributed by atoms with E-state index in [1.807, 2.05) is 32.9 Å². The topological polar surface area (TPSA) is 93.8 Å². The zero-order chi connectivity index (χ0) is 21.3. The number of aryl methyl sites for hydroxylation is 3.